The van der Waals surface area contributed by atoms with Crippen molar-refractivity contribution < 1.29 is 9.66 Å². The Kier molecular flexibility index (Phi) is 2.13. The fourth-order valence-electron chi connectivity index (χ4n) is 2.28. The van der Waals surface area contributed by atoms with E-state index in [0.717, 1.165) is 0 Å². The van der Waals surface area contributed by atoms with Crippen LogP contribution in [0, 0.1) is 10.1 Å². The molecule has 0 amide bonds. The number of nitro benzene ring substituents is 1. The highest BCUT2D eigenvalue weighted by Gasteiger charge is 2.24. The van der Waals surface area contributed by atoms with E-state index in [1.165, 1.54) is 16.7 Å². The van der Waals surface area contributed by atoms with E-state index >= 15 is 0 Å². The maximum atomic E-state index is 12.3. The fraction of sp³-hybridized carbons (Fsp3) is 0.250. The first-order valence-corrected chi connectivity index (χ1v) is 5.55. The van der Waals surface area contributed by atoms with Gasteiger partial charge in [-0.3, -0.25) is 19.5 Å². The first-order chi connectivity index (χ1) is 8.59. The van der Waals surface area contributed by atoms with Gasteiger partial charge in [0.2, 0.25) is 0 Å². The lowest BCUT2D eigenvalue weighted by Crippen LogP contribution is -2.20. The Labute approximate surface area is 102 Å². The molecule has 0 spiro atoms. The smallest absolute Gasteiger partial charge is 0.277 e. The average Bonchev–Trinajstić information content (AvgIpc) is 2.70. The number of nitrogens with zero attached hydrogens (tertiary/aromatic N) is 2. The molecule has 92 valence electrons. The number of hydrogen-bond donors (Lipinski definition) is 0. The third-order valence-electron chi connectivity index (χ3n) is 3.15. The highest BCUT2D eigenvalue weighted by atomic mass is 16.6. The van der Waals surface area contributed by atoms with Crippen molar-refractivity contribution in [2.45, 2.75) is 13.0 Å². The number of rotatable bonds is 1. The molecule has 6 nitrogen and oxygen atoms in total. The summed E-state index contributed by atoms with van der Waals surface area (Å²) in [5.41, 5.74) is -0.313. The molecule has 2 heterocycles. The van der Waals surface area contributed by atoms with Crippen LogP contribution in [0.2, 0.25) is 0 Å². The Morgan fingerprint density at radius 1 is 1.44 bits per heavy atom. The first-order valence-electron chi connectivity index (χ1n) is 5.55. The second-order valence-electron chi connectivity index (χ2n) is 4.31. The molecule has 1 aliphatic rings. The van der Waals surface area contributed by atoms with Gasteiger partial charge in [0.05, 0.1) is 21.7 Å². The molecular formula is C12H10N2O4. The van der Waals surface area contributed by atoms with Crippen molar-refractivity contribution in [1.82, 2.24) is 4.57 Å². The van der Waals surface area contributed by atoms with Crippen LogP contribution in [0.1, 0.15) is 13.0 Å². The molecule has 1 aliphatic heterocycles. The van der Waals surface area contributed by atoms with E-state index in [4.69, 9.17) is 4.74 Å². The van der Waals surface area contributed by atoms with E-state index in [9.17, 15) is 14.9 Å². The number of aromatic nitrogens is 1. The summed E-state index contributed by atoms with van der Waals surface area (Å²) in [4.78, 5) is 22.7. The predicted octanol–water partition coefficient (Wildman–Crippen LogP) is 1.86. The summed E-state index contributed by atoms with van der Waals surface area (Å²) < 4.78 is 6.91. The molecule has 18 heavy (non-hydrogen) atoms. The van der Waals surface area contributed by atoms with Crippen LogP contribution in [0.4, 0.5) is 5.69 Å². The molecule has 0 aliphatic carbocycles. The van der Waals surface area contributed by atoms with Gasteiger partial charge in [-0.05, 0) is 13.0 Å². The zero-order valence-electron chi connectivity index (χ0n) is 9.62. The van der Waals surface area contributed by atoms with Gasteiger partial charge >= 0.3 is 0 Å². The minimum absolute atomic E-state index is 0.0452. The lowest BCUT2D eigenvalue weighted by molar-refractivity contribution is -0.383. The van der Waals surface area contributed by atoms with Gasteiger partial charge in [-0.15, -0.1) is 0 Å². The molecule has 1 atom stereocenters. The predicted molar refractivity (Wildman–Crippen MR) is 65.1 cm³/mol. The summed E-state index contributed by atoms with van der Waals surface area (Å²) in [6.07, 6.45) is 0. The van der Waals surface area contributed by atoms with Gasteiger partial charge in [0, 0.05) is 12.1 Å². The molecule has 2 aromatic rings. The number of benzene rings is 1. The van der Waals surface area contributed by atoms with Gasteiger partial charge in [-0.1, -0.05) is 6.07 Å². The van der Waals surface area contributed by atoms with Gasteiger partial charge in [0.15, 0.2) is 5.88 Å². The highest BCUT2D eigenvalue weighted by molar-refractivity contribution is 5.91. The van der Waals surface area contributed by atoms with E-state index in [0.29, 0.717) is 23.3 Å². The van der Waals surface area contributed by atoms with Crippen molar-refractivity contribution in [3.63, 3.8) is 0 Å². The van der Waals surface area contributed by atoms with Crippen molar-refractivity contribution in [2.75, 3.05) is 6.61 Å². The van der Waals surface area contributed by atoms with E-state index in [-0.39, 0.29) is 17.3 Å². The molecule has 0 saturated carbocycles. The molecule has 1 aromatic heterocycles. The van der Waals surface area contributed by atoms with Gasteiger partial charge < -0.3 is 4.74 Å². The van der Waals surface area contributed by atoms with E-state index < -0.39 is 4.92 Å². The van der Waals surface area contributed by atoms with Crippen LogP contribution in [-0.2, 0) is 0 Å². The van der Waals surface area contributed by atoms with Gasteiger partial charge in [-0.25, -0.2) is 0 Å². The number of ether oxygens (including phenoxy) is 1. The maximum Gasteiger partial charge on any atom is 0.277 e. The van der Waals surface area contributed by atoms with Crippen molar-refractivity contribution in [3.05, 3.63) is 44.7 Å². The Balaban J connectivity index is 2.45. The van der Waals surface area contributed by atoms with E-state index in [1.807, 2.05) is 6.92 Å². The van der Waals surface area contributed by atoms with Crippen molar-refractivity contribution in [1.29, 1.82) is 0 Å². The number of hydrogen-bond acceptors (Lipinski definition) is 4. The largest absolute Gasteiger partial charge is 0.477 e. The van der Waals surface area contributed by atoms with Crippen LogP contribution in [0.15, 0.2) is 29.1 Å². The van der Waals surface area contributed by atoms with E-state index in [2.05, 4.69) is 0 Å². The Morgan fingerprint density at radius 2 is 2.22 bits per heavy atom. The quantitative estimate of drug-likeness (QED) is 0.568. The van der Waals surface area contributed by atoms with Crippen LogP contribution >= 0.6 is 0 Å². The zero-order valence-corrected chi connectivity index (χ0v) is 9.62. The number of pyridine rings is 1. The number of nitro groups is 1. The monoisotopic (exact) mass is 246 g/mol. The molecule has 0 fully saturated rings. The minimum atomic E-state index is -0.489. The summed E-state index contributed by atoms with van der Waals surface area (Å²) in [6, 6.07) is 6.03. The molecule has 1 aromatic carbocycles. The van der Waals surface area contributed by atoms with Crippen molar-refractivity contribution in [2.24, 2.45) is 0 Å². The Hall–Kier alpha value is -2.37. The Bertz CT molecular complexity index is 720. The Morgan fingerprint density at radius 3 is 2.94 bits per heavy atom. The highest BCUT2D eigenvalue weighted by Crippen LogP contribution is 2.30. The molecule has 0 radical (unpaired) electrons. The average molecular weight is 246 g/mol. The third-order valence-corrected chi connectivity index (χ3v) is 3.15. The lowest BCUT2D eigenvalue weighted by atomic mass is 10.1. The number of non-ortho nitro benzene ring substituents is 1. The molecule has 0 saturated heterocycles. The van der Waals surface area contributed by atoms with Crippen LogP contribution in [0.3, 0.4) is 0 Å². The van der Waals surface area contributed by atoms with Crippen LogP contribution < -0.4 is 10.3 Å². The van der Waals surface area contributed by atoms with Gasteiger partial charge in [0.1, 0.15) is 6.61 Å². The summed E-state index contributed by atoms with van der Waals surface area (Å²) in [5, 5.41) is 11.6. The maximum absolute atomic E-state index is 12.3. The van der Waals surface area contributed by atoms with E-state index in [1.54, 1.807) is 12.1 Å². The van der Waals surface area contributed by atoms with Crippen LogP contribution in [0.25, 0.3) is 10.8 Å². The lowest BCUT2D eigenvalue weighted by Gasteiger charge is -2.07. The summed E-state index contributed by atoms with van der Waals surface area (Å²) in [5.74, 6) is 0.398. The second kappa shape index (κ2) is 3.56. The second-order valence-corrected chi connectivity index (χ2v) is 4.31. The zero-order chi connectivity index (χ0) is 12.9. The van der Waals surface area contributed by atoms with Gasteiger partial charge in [0.25, 0.3) is 11.2 Å². The molecule has 3 rings (SSSR count). The number of fused-ring (bicyclic) bond motifs is 2. The summed E-state index contributed by atoms with van der Waals surface area (Å²) in [6.45, 7) is 2.29. The van der Waals surface area contributed by atoms with Gasteiger partial charge in [-0.2, -0.15) is 0 Å². The molecule has 6 heteroatoms. The summed E-state index contributed by atoms with van der Waals surface area (Å²) >= 11 is 0. The van der Waals surface area contributed by atoms with Crippen molar-refractivity contribution in [3.8, 4) is 5.88 Å². The molecule has 0 N–H and O–H groups in total. The fourth-order valence-corrected chi connectivity index (χ4v) is 2.28. The van der Waals surface area contributed by atoms with Crippen LogP contribution in [-0.4, -0.2) is 16.1 Å². The van der Waals surface area contributed by atoms with Crippen molar-refractivity contribution >= 4 is 16.5 Å². The normalized spacial score (nSPS) is 17.5. The molecule has 0 bridgehead atoms. The molecule has 0 unspecified atom stereocenters. The standard InChI is InChI=1S/C12H10N2O4/c1-7-6-18-11-5-9-8(12(15)13(7)11)3-2-4-10(9)14(16)17/h2-5,7H,6H2,1H3/t7-/m0/s1. The summed E-state index contributed by atoms with van der Waals surface area (Å²) in [7, 11) is 0. The molecular weight excluding hydrogens is 236 g/mol. The third kappa shape index (κ3) is 1.32. The van der Waals surface area contributed by atoms with Crippen LogP contribution in [0.5, 0.6) is 5.88 Å². The SMILES string of the molecule is C[C@H]1COc2cc3c([N+](=O)[O-])cccc3c(=O)n21. The minimum Gasteiger partial charge on any atom is -0.477 e. The topological polar surface area (TPSA) is 74.4 Å². The first kappa shape index (κ1) is 10.8.